The van der Waals surface area contributed by atoms with Gasteiger partial charge in [0.2, 0.25) is 6.79 Å². The largest absolute Gasteiger partial charge is 0.454 e. The molecule has 5 nitrogen and oxygen atoms in total. The Hall–Kier alpha value is -1.46. The molecule has 1 aromatic carbocycles. The van der Waals surface area contributed by atoms with E-state index in [0.29, 0.717) is 28.7 Å². The summed E-state index contributed by atoms with van der Waals surface area (Å²) < 4.78 is 15.3. The van der Waals surface area contributed by atoms with Gasteiger partial charge in [0, 0.05) is 18.7 Å². The van der Waals surface area contributed by atoms with Gasteiger partial charge in [0.05, 0.1) is 11.6 Å². The Bertz CT molecular complexity index is 464. The molecule has 1 amide bonds. The molecule has 0 fully saturated rings. The van der Waals surface area contributed by atoms with Crippen LogP contribution in [0.2, 0.25) is 5.02 Å². The highest BCUT2D eigenvalue weighted by Crippen LogP contribution is 2.39. The summed E-state index contributed by atoms with van der Waals surface area (Å²) in [6.07, 6.45) is 0. The number of halogens is 1. The fourth-order valence-corrected chi connectivity index (χ4v) is 1.96. The van der Waals surface area contributed by atoms with E-state index in [1.807, 2.05) is 6.92 Å². The second-order valence-corrected chi connectivity index (χ2v) is 4.43. The first-order chi connectivity index (χ1) is 8.61. The first-order valence-corrected chi connectivity index (χ1v) is 5.88. The summed E-state index contributed by atoms with van der Waals surface area (Å²) in [7, 11) is 1.58. The van der Waals surface area contributed by atoms with Gasteiger partial charge in [-0.1, -0.05) is 11.6 Å². The maximum absolute atomic E-state index is 12.0. The topological polar surface area (TPSA) is 56.8 Å². The molecule has 6 heteroatoms. The molecule has 1 aliphatic heterocycles. The molecule has 0 aromatic heterocycles. The molecule has 0 aliphatic carbocycles. The summed E-state index contributed by atoms with van der Waals surface area (Å²) >= 11 is 6.01. The predicted octanol–water partition coefficient (Wildman–Crippen LogP) is 1.83. The van der Waals surface area contributed by atoms with Gasteiger partial charge in [-0.25, -0.2) is 0 Å². The lowest BCUT2D eigenvalue weighted by molar-refractivity contribution is 0.0905. The van der Waals surface area contributed by atoms with Crippen LogP contribution in [0.15, 0.2) is 12.1 Å². The van der Waals surface area contributed by atoms with Crippen molar-refractivity contribution in [2.75, 3.05) is 20.5 Å². The highest BCUT2D eigenvalue weighted by atomic mass is 35.5. The van der Waals surface area contributed by atoms with Gasteiger partial charge in [0.25, 0.3) is 5.91 Å². The van der Waals surface area contributed by atoms with E-state index in [-0.39, 0.29) is 18.7 Å². The third kappa shape index (κ3) is 2.68. The average Bonchev–Trinajstić information content (AvgIpc) is 2.77. The average molecular weight is 272 g/mol. The van der Waals surface area contributed by atoms with Gasteiger partial charge in [-0.05, 0) is 19.1 Å². The molecule has 0 saturated heterocycles. The van der Waals surface area contributed by atoms with Crippen LogP contribution in [0.5, 0.6) is 11.5 Å². The number of rotatable bonds is 4. The number of amides is 1. The summed E-state index contributed by atoms with van der Waals surface area (Å²) in [5, 5.41) is 3.17. The quantitative estimate of drug-likeness (QED) is 0.908. The summed E-state index contributed by atoms with van der Waals surface area (Å²) in [6.45, 7) is 2.43. The van der Waals surface area contributed by atoms with Gasteiger partial charge in [0.15, 0.2) is 11.5 Å². The molecular formula is C12H14ClNO4. The highest BCUT2D eigenvalue weighted by Gasteiger charge is 2.21. The van der Waals surface area contributed by atoms with Crippen LogP contribution in [-0.4, -0.2) is 32.5 Å². The van der Waals surface area contributed by atoms with Crippen LogP contribution in [0.3, 0.4) is 0 Å². The van der Waals surface area contributed by atoms with Crippen LogP contribution in [-0.2, 0) is 4.74 Å². The molecule has 1 aliphatic rings. The lowest BCUT2D eigenvalue weighted by Gasteiger charge is -2.13. The minimum atomic E-state index is -0.222. The number of hydrogen-bond donors (Lipinski definition) is 1. The van der Waals surface area contributed by atoms with Crippen molar-refractivity contribution < 1.29 is 19.0 Å². The molecule has 0 radical (unpaired) electrons. The second-order valence-electron chi connectivity index (χ2n) is 4.02. The first-order valence-electron chi connectivity index (χ1n) is 5.50. The van der Waals surface area contributed by atoms with Crippen LogP contribution in [0.1, 0.15) is 17.3 Å². The van der Waals surface area contributed by atoms with Crippen LogP contribution in [0.4, 0.5) is 0 Å². The van der Waals surface area contributed by atoms with E-state index in [2.05, 4.69) is 5.32 Å². The third-order valence-electron chi connectivity index (χ3n) is 2.48. The standard InChI is InChI=1S/C12H14ClNO4/c1-7(5-16-2)14-12(15)8-3-9(13)11-10(4-8)17-6-18-11/h3-4,7H,5-6H2,1-2H3,(H,14,15). The number of ether oxygens (including phenoxy) is 3. The number of nitrogens with one attached hydrogen (secondary N) is 1. The lowest BCUT2D eigenvalue weighted by atomic mass is 10.1. The van der Waals surface area contributed by atoms with E-state index in [9.17, 15) is 4.79 Å². The van der Waals surface area contributed by atoms with E-state index in [1.165, 1.54) is 0 Å². The van der Waals surface area contributed by atoms with Crippen molar-refractivity contribution in [2.24, 2.45) is 0 Å². The number of fused-ring (bicyclic) bond motifs is 1. The Labute approximate surface area is 110 Å². The zero-order chi connectivity index (χ0) is 13.1. The number of benzene rings is 1. The Kier molecular flexibility index (Phi) is 3.93. The van der Waals surface area contributed by atoms with Gasteiger partial charge in [-0.3, -0.25) is 4.79 Å². The number of carbonyl (C=O) groups is 1. The molecule has 0 saturated carbocycles. The summed E-state index contributed by atoms with van der Waals surface area (Å²) in [5.74, 6) is 0.755. The van der Waals surface area contributed by atoms with Crippen molar-refractivity contribution >= 4 is 17.5 Å². The third-order valence-corrected chi connectivity index (χ3v) is 2.76. The minimum Gasteiger partial charge on any atom is -0.454 e. The second kappa shape index (κ2) is 5.46. The maximum atomic E-state index is 12.0. The first kappa shape index (κ1) is 13.0. The molecule has 1 heterocycles. The Morgan fingerprint density at radius 2 is 2.33 bits per heavy atom. The van der Waals surface area contributed by atoms with Crippen LogP contribution < -0.4 is 14.8 Å². The van der Waals surface area contributed by atoms with Crippen molar-refractivity contribution in [3.8, 4) is 11.5 Å². The molecular weight excluding hydrogens is 258 g/mol. The molecule has 1 aromatic rings. The lowest BCUT2D eigenvalue weighted by Crippen LogP contribution is -2.35. The van der Waals surface area contributed by atoms with E-state index >= 15 is 0 Å². The van der Waals surface area contributed by atoms with Crippen LogP contribution in [0.25, 0.3) is 0 Å². The van der Waals surface area contributed by atoms with Gasteiger partial charge in [-0.2, -0.15) is 0 Å². The SMILES string of the molecule is COCC(C)NC(=O)c1cc(Cl)c2c(c1)OCO2. The molecule has 1 atom stereocenters. The summed E-state index contributed by atoms with van der Waals surface area (Å²) in [4.78, 5) is 12.0. The summed E-state index contributed by atoms with van der Waals surface area (Å²) in [5.41, 5.74) is 0.437. The van der Waals surface area contributed by atoms with Crippen LogP contribution in [0, 0.1) is 0 Å². The van der Waals surface area contributed by atoms with Crippen LogP contribution >= 0.6 is 11.6 Å². The maximum Gasteiger partial charge on any atom is 0.251 e. The van der Waals surface area contributed by atoms with E-state index < -0.39 is 0 Å². The van der Waals surface area contributed by atoms with Gasteiger partial charge >= 0.3 is 0 Å². The highest BCUT2D eigenvalue weighted by molar-refractivity contribution is 6.32. The van der Waals surface area contributed by atoms with Gasteiger partial charge in [-0.15, -0.1) is 0 Å². The predicted molar refractivity (Wildman–Crippen MR) is 66.4 cm³/mol. The molecule has 2 rings (SSSR count). The Balaban J connectivity index is 2.14. The van der Waals surface area contributed by atoms with Crippen molar-refractivity contribution in [1.82, 2.24) is 5.32 Å². The number of carbonyl (C=O) groups excluding carboxylic acids is 1. The molecule has 0 spiro atoms. The Morgan fingerprint density at radius 1 is 1.56 bits per heavy atom. The van der Waals surface area contributed by atoms with Crippen molar-refractivity contribution in [1.29, 1.82) is 0 Å². The number of methoxy groups -OCH3 is 1. The fraction of sp³-hybridized carbons (Fsp3) is 0.417. The zero-order valence-corrected chi connectivity index (χ0v) is 10.9. The molecule has 1 unspecified atom stereocenters. The van der Waals surface area contributed by atoms with Gasteiger partial charge < -0.3 is 19.5 Å². The molecule has 18 heavy (non-hydrogen) atoms. The van der Waals surface area contributed by atoms with Gasteiger partial charge in [0.1, 0.15) is 0 Å². The molecule has 0 bridgehead atoms. The molecule has 98 valence electrons. The normalized spacial score (nSPS) is 14.4. The van der Waals surface area contributed by atoms with E-state index in [0.717, 1.165) is 0 Å². The molecule has 1 N–H and O–H groups in total. The Morgan fingerprint density at radius 3 is 3.06 bits per heavy atom. The van der Waals surface area contributed by atoms with Crippen molar-refractivity contribution in [3.05, 3.63) is 22.7 Å². The smallest absolute Gasteiger partial charge is 0.251 e. The monoisotopic (exact) mass is 271 g/mol. The van der Waals surface area contributed by atoms with Crippen molar-refractivity contribution in [2.45, 2.75) is 13.0 Å². The fourth-order valence-electron chi connectivity index (χ4n) is 1.70. The summed E-state index contributed by atoms with van der Waals surface area (Å²) in [6, 6.07) is 3.10. The van der Waals surface area contributed by atoms with E-state index in [1.54, 1.807) is 19.2 Å². The van der Waals surface area contributed by atoms with E-state index in [4.69, 9.17) is 25.8 Å². The number of hydrogen-bond acceptors (Lipinski definition) is 4. The minimum absolute atomic E-state index is 0.0771. The van der Waals surface area contributed by atoms with Crippen molar-refractivity contribution in [3.63, 3.8) is 0 Å². The zero-order valence-electron chi connectivity index (χ0n) is 10.2.